The summed E-state index contributed by atoms with van der Waals surface area (Å²) in [5.74, 6) is 0.0204. The fraction of sp³-hybridized carbons (Fsp3) is 0.267. The maximum Gasteiger partial charge on any atom is 0.345 e. The monoisotopic (exact) mass is 338 g/mol. The van der Waals surface area contributed by atoms with Crippen molar-refractivity contribution in [3.63, 3.8) is 0 Å². The molecule has 0 bridgehead atoms. The molecule has 1 aromatic heterocycles. The summed E-state index contributed by atoms with van der Waals surface area (Å²) < 4.78 is 6.76. The Bertz CT molecular complexity index is 728. The average molecular weight is 339 g/mol. The van der Waals surface area contributed by atoms with E-state index in [4.69, 9.17) is 16.3 Å². The highest BCUT2D eigenvalue weighted by molar-refractivity contribution is 8.12. The molecule has 0 amide bonds. The SMILES string of the molecule is CC(=O)SCc1nn(C)c(OC(=O)c2ccccc2C)c1Cl. The maximum atomic E-state index is 12.2. The van der Waals surface area contributed by atoms with Gasteiger partial charge in [-0.15, -0.1) is 0 Å². The van der Waals surface area contributed by atoms with E-state index in [-0.39, 0.29) is 16.0 Å². The lowest BCUT2D eigenvalue weighted by Crippen LogP contribution is -2.12. The topological polar surface area (TPSA) is 61.2 Å². The number of aromatic nitrogens is 2. The Morgan fingerprint density at radius 1 is 1.36 bits per heavy atom. The first kappa shape index (κ1) is 16.6. The van der Waals surface area contributed by atoms with Gasteiger partial charge in [0.15, 0.2) is 5.12 Å². The van der Waals surface area contributed by atoms with E-state index in [1.165, 1.54) is 11.6 Å². The zero-order chi connectivity index (χ0) is 16.3. The van der Waals surface area contributed by atoms with Crippen molar-refractivity contribution in [1.82, 2.24) is 9.78 Å². The third kappa shape index (κ3) is 3.69. The first-order chi connectivity index (χ1) is 10.4. The molecular weight excluding hydrogens is 324 g/mol. The number of benzene rings is 1. The van der Waals surface area contributed by atoms with E-state index in [9.17, 15) is 9.59 Å². The normalized spacial score (nSPS) is 10.5. The van der Waals surface area contributed by atoms with Gasteiger partial charge in [-0.25, -0.2) is 9.48 Å². The van der Waals surface area contributed by atoms with Crippen molar-refractivity contribution < 1.29 is 14.3 Å². The minimum absolute atomic E-state index is 0.0276. The van der Waals surface area contributed by atoms with Crippen molar-refractivity contribution in [2.75, 3.05) is 0 Å². The molecule has 0 radical (unpaired) electrons. The summed E-state index contributed by atoms with van der Waals surface area (Å²) >= 11 is 7.30. The summed E-state index contributed by atoms with van der Waals surface area (Å²) in [6, 6.07) is 7.13. The Morgan fingerprint density at radius 2 is 2.05 bits per heavy atom. The number of hydrogen-bond acceptors (Lipinski definition) is 5. The molecule has 0 atom stereocenters. The van der Waals surface area contributed by atoms with Crippen LogP contribution in [0.15, 0.2) is 24.3 Å². The second-order valence-electron chi connectivity index (χ2n) is 4.67. The first-order valence-electron chi connectivity index (χ1n) is 6.52. The van der Waals surface area contributed by atoms with Crippen LogP contribution in [0, 0.1) is 6.92 Å². The van der Waals surface area contributed by atoms with E-state index in [0.29, 0.717) is 17.0 Å². The van der Waals surface area contributed by atoms with Gasteiger partial charge in [0.1, 0.15) is 5.02 Å². The summed E-state index contributed by atoms with van der Waals surface area (Å²) in [6.45, 7) is 3.30. The van der Waals surface area contributed by atoms with Crippen LogP contribution in [-0.4, -0.2) is 20.9 Å². The molecule has 0 aliphatic heterocycles. The molecule has 0 unspecified atom stereocenters. The standard InChI is InChI=1S/C15H15ClN2O3S/c1-9-6-4-5-7-11(9)15(20)21-14-13(16)12(17-18(14)3)8-22-10(2)19/h4-7H,8H2,1-3H3. The number of esters is 1. The molecule has 0 N–H and O–H groups in total. The smallest absolute Gasteiger partial charge is 0.345 e. The van der Waals surface area contributed by atoms with E-state index < -0.39 is 5.97 Å². The summed E-state index contributed by atoms with van der Waals surface area (Å²) in [7, 11) is 1.63. The molecule has 0 aliphatic carbocycles. The molecule has 22 heavy (non-hydrogen) atoms. The zero-order valence-corrected chi connectivity index (χ0v) is 14.0. The van der Waals surface area contributed by atoms with Crippen LogP contribution in [0.1, 0.15) is 28.5 Å². The molecule has 5 nitrogen and oxygen atoms in total. The minimum Gasteiger partial charge on any atom is -0.402 e. The van der Waals surface area contributed by atoms with Crippen LogP contribution >= 0.6 is 23.4 Å². The van der Waals surface area contributed by atoms with Gasteiger partial charge in [-0.05, 0) is 18.6 Å². The number of carbonyl (C=O) groups is 2. The number of aryl methyl sites for hydroxylation is 2. The molecule has 0 saturated heterocycles. The van der Waals surface area contributed by atoms with Crippen molar-refractivity contribution in [3.8, 4) is 5.88 Å². The minimum atomic E-state index is -0.492. The van der Waals surface area contributed by atoms with Crippen LogP contribution in [-0.2, 0) is 17.6 Å². The van der Waals surface area contributed by atoms with Crippen molar-refractivity contribution in [2.45, 2.75) is 19.6 Å². The molecule has 0 saturated carbocycles. The predicted molar refractivity (Wildman–Crippen MR) is 86.3 cm³/mol. The van der Waals surface area contributed by atoms with Crippen molar-refractivity contribution in [1.29, 1.82) is 0 Å². The van der Waals surface area contributed by atoms with Gasteiger partial charge in [0.05, 0.1) is 11.3 Å². The largest absolute Gasteiger partial charge is 0.402 e. The van der Waals surface area contributed by atoms with Gasteiger partial charge in [0, 0.05) is 19.7 Å². The maximum absolute atomic E-state index is 12.2. The summed E-state index contributed by atoms with van der Waals surface area (Å²) in [5, 5.41) is 4.41. The second kappa shape index (κ2) is 6.98. The number of hydrogen-bond donors (Lipinski definition) is 0. The lowest BCUT2D eigenvalue weighted by molar-refractivity contribution is -0.109. The number of ether oxygens (including phenoxy) is 1. The molecule has 116 valence electrons. The molecule has 1 aromatic carbocycles. The Labute approximate surface area is 137 Å². The molecule has 0 spiro atoms. The third-order valence-corrected chi connectivity index (χ3v) is 4.18. The number of nitrogens with zero attached hydrogens (tertiary/aromatic N) is 2. The van der Waals surface area contributed by atoms with Gasteiger partial charge >= 0.3 is 5.97 Å². The Kier molecular flexibility index (Phi) is 5.26. The summed E-state index contributed by atoms with van der Waals surface area (Å²) in [5.41, 5.74) is 1.80. The molecule has 2 aromatic rings. The van der Waals surface area contributed by atoms with E-state index in [1.807, 2.05) is 19.1 Å². The van der Waals surface area contributed by atoms with E-state index in [1.54, 1.807) is 19.2 Å². The van der Waals surface area contributed by atoms with Crippen LogP contribution in [0.5, 0.6) is 5.88 Å². The molecule has 7 heteroatoms. The van der Waals surface area contributed by atoms with Crippen LogP contribution in [0.4, 0.5) is 0 Å². The lowest BCUT2D eigenvalue weighted by atomic mass is 10.1. The summed E-state index contributed by atoms with van der Waals surface area (Å²) in [4.78, 5) is 23.3. The number of thioether (sulfide) groups is 1. The highest BCUT2D eigenvalue weighted by Crippen LogP contribution is 2.31. The number of rotatable bonds is 4. The quantitative estimate of drug-likeness (QED) is 0.800. The van der Waals surface area contributed by atoms with Gasteiger partial charge < -0.3 is 4.74 Å². The highest BCUT2D eigenvalue weighted by atomic mass is 35.5. The van der Waals surface area contributed by atoms with Crippen molar-refractivity contribution in [2.24, 2.45) is 7.05 Å². The third-order valence-electron chi connectivity index (χ3n) is 2.97. The predicted octanol–water partition coefficient (Wildman–Crippen LogP) is 3.38. The molecule has 0 fully saturated rings. The Morgan fingerprint density at radius 3 is 2.68 bits per heavy atom. The van der Waals surface area contributed by atoms with Gasteiger partial charge in [0.2, 0.25) is 5.88 Å². The lowest BCUT2D eigenvalue weighted by Gasteiger charge is -2.06. The van der Waals surface area contributed by atoms with Gasteiger partial charge in [-0.2, -0.15) is 5.10 Å². The number of halogens is 1. The zero-order valence-electron chi connectivity index (χ0n) is 12.4. The van der Waals surface area contributed by atoms with Crippen LogP contribution < -0.4 is 4.74 Å². The van der Waals surface area contributed by atoms with E-state index >= 15 is 0 Å². The van der Waals surface area contributed by atoms with E-state index in [2.05, 4.69) is 5.10 Å². The van der Waals surface area contributed by atoms with Crippen molar-refractivity contribution in [3.05, 3.63) is 46.1 Å². The van der Waals surface area contributed by atoms with Gasteiger partial charge in [-0.1, -0.05) is 41.6 Å². The van der Waals surface area contributed by atoms with Crippen molar-refractivity contribution >= 4 is 34.4 Å². The average Bonchev–Trinajstić information content (AvgIpc) is 2.73. The Balaban J connectivity index is 2.21. The summed E-state index contributed by atoms with van der Waals surface area (Å²) in [6.07, 6.45) is 0. The van der Waals surface area contributed by atoms with Crippen LogP contribution in [0.25, 0.3) is 0 Å². The second-order valence-corrected chi connectivity index (χ2v) is 6.20. The van der Waals surface area contributed by atoms with Gasteiger partial charge in [-0.3, -0.25) is 4.79 Å². The Hall–Kier alpha value is -1.79. The number of carbonyl (C=O) groups excluding carboxylic acids is 2. The van der Waals surface area contributed by atoms with Crippen LogP contribution in [0.3, 0.4) is 0 Å². The fourth-order valence-corrected chi connectivity index (χ4v) is 2.74. The highest BCUT2D eigenvalue weighted by Gasteiger charge is 2.20. The molecular formula is C15H15ClN2O3S. The fourth-order valence-electron chi connectivity index (χ4n) is 1.85. The molecule has 0 aliphatic rings. The van der Waals surface area contributed by atoms with E-state index in [0.717, 1.165) is 17.3 Å². The molecule has 2 rings (SSSR count). The molecule has 1 heterocycles. The van der Waals surface area contributed by atoms with Gasteiger partial charge in [0.25, 0.3) is 0 Å². The first-order valence-corrected chi connectivity index (χ1v) is 7.89. The van der Waals surface area contributed by atoms with Crippen LogP contribution in [0.2, 0.25) is 5.02 Å².